The second-order valence-electron chi connectivity index (χ2n) is 5.29. The lowest BCUT2D eigenvalue weighted by Gasteiger charge is -2.22. The summed E-state index contributed by atoms with van der Waals surface area (Å²) in [7, 11) is 0. The number of hydrogen-bond acceptors (Lipinski definition) is 2. The van der Waals surface area contributed by atoms with Crippen LogP contribution in [0.1, 0.15) is 24.8 Å². The molecule has 17 heavy (non-hydrogen) atoms. The van der Waals surface area contributed by atoms with Crippen LogP contribution in [-0.4, -0.2) is 18.2 Å². The van der Waals surface area contributed by atoms with E-state index in [1.807, 2.05) is 12.1 Å². The fraction of sp³-hybridized carbons (Fsp3) is 0.571. The van der Waals surface area contributed by atoms with Gasteiger partial charge in [0.15, 0.2) is 0 Å². The predicted octanol–water partition coefficient (Wildman–Crippen LogP) is 3.18. The lowest BCUT2D eigenvalue weighted by molar-refractivity contribution is 0.282. The summed E-state index contributed by atoms with van der Waals surface area (Å²) in [5, 5.41) is 9.43. The van der Waals surface area contributed by atoms with Crippen molar-refractivity contribution in [3.8, 4) is 0 Å². The van der Waals surface area contributed by atoms with Crippen LogP contribution >= 0.6 is 15.9 Å². The highest BCUT2D eigenvalue weighted by molar-refractivity contribution is 9.10. The summed E-state index contributed by atoms with van der Waals surface area (Å²) >= 11 is 3.53. The van der Waals surface area contributed by atoms with Crippen molar-refractivity contribution >= 4 is 21.6 Å². The molecule has 1 saturated heterocycles. The fourth-order valence-electron chi connectivity index (χ4n) is 3.40. The van der Waals surface area contributed by atoms with E-state index in [0.29, 0.717) is 0 Å². The quantitative estimate of drug-likeness (QED) is 0.906. The summed E-state index contributed by atoms with van der Waals surface area (Å²) in [6, 6.07) is 6.17. The van der Waals surface area contributed by atoms with E-state index < -0.39 is 0 Å². The molecule has 2 unspecified atom stereocenters. The van der Waals surface area contributed by atoms with Gasteiger partial charge in [-0.05, 0) is 36.8 Å². The van der Waals surface area contributed by atoms with Crippen LogP contribution < -0.4 is 4.90 Å². The Labute approximate surface area is 111 Å². The molecule has 92 valence electrons. The van der Waals surface area contributed by atoms with Crippen LogP contribution in [0.4, 0.5) is 5.69 Å². The molecule has 1 heterocycles. The highest BCUT2D eigenvalue weighted by Gasteiger charge is 2.36. The van der Waals surface area contributed by atoms with E-state index >= 15 is 0 Å². The largest absolute Gasteiger partial charge is 0.392 e. The third kappa shape index (κ3) is 2.11. The minimum atomic E-state index is 0.133. The van der Waals surface area contributed by atoms with Gasteiger partial charge in [-0.2, -0.15) is 0 Å². The van der Waals surface area contributed by atoms with Crippen LogP contribution in [0.3, 0.4) is 0 Å². The summed E-state index contributed by atoms with van der Waals surface area (Å²) in [6.45, 7) is 2.48. The second-order valence-corrected chi connectivity index (χ2v) is 6.20. The number of hydrogen-bond donors (Lipinski definition) is 1. The first-order chi connectivity index (χ1) is 8.28. The standard InChI is InChI=1S/C14H18BrNO/c15-13-5-4-12(9-17)14(6-13)16-7-10-2-1-3-11(10)8-16/h4-6,10-11,17H,1-3,7-9H2. The molecule has 0 aromatic heterocycles. The van der Waals surface area contributed by atoms with E-state index in [0.717, 1.165) is 21.9 Å². The first kappa shape index (κ1) is 11.5. The van der Waals surface area contributed by atoms with Crippen molar-refractivity contribution in [2.24, 2.45) is 11.8 Å². The van der Waals surface area contributed by atoms with Gasteiger partial charge >= 0.3 is 0 Å². The Morgan fingerprint density at radius 2 is 1.94 bits per heavy atom. The number of benzene rings is 1. The summed E-state index contributed by atoms with van der Waals surface area (Å²) in [5.41, 5.74) is 2.27. The Morgan fingerprint density at radius 3 is 2.59 bits per heavy atom. The van der Waals surface area contributed by atoms with Crippen LogP contribution in [-0.2, 0) is 6.61 Å². The van der Waals surface area contributed by atoms with Crippen molar-refractivity contribution in [2.75, 3.05) is 18.0 Å². The maximum absolute atomic E-state index is 9.43. The molecule has 3 rings (SSSR count). The van der Waals surface area contributed by atoms with E-state index in [1.54, 1.807) is 0 Å². The summed E-state index contributed by atoms with van der Waals surface area (Å²) < 4.78 is 1.10. The predicted molar refractivity (Wildman–Crippen MR) is 73.1 cm³/mol. The van der Waals surface area contributed by atoms with E-state index in [-0.39, 0.29) is 6.61 Å². The highest BCUT2D eigenvalue weighted by atomic mass is 79.9. The zero-order valence-corrected chi connectivity index (χ0v) is 11.5. The number of fused-ring (bicyclic) bond motifs is 1. The number of aliphatic hydroxyl groups excluding tert-OH is 1. The molecule has 1 aromatic carbocycles. The molecule has 2 nitrogen and oxygen atoms in total. The van der Waals surface area contributed by atoms with Gasteiger partial charge in [-0.1, -0.05) is 28.4 Å². The van der Waals surface area contributed by atoms with Crippen molar-refractivity contribution in [3.63, 3.8) is 0 Å². The number of rotatable bonds is 2. The third-order valence-corrected chi connectivity index (χ3v) is 4.78. The molecule has 2 fully saturated rings. The number of aliphatic hydroxyl groups is 1. The van der Waals surface area contributed by atoms with Crippen molar-refractivity contribution in [3.05, 3.63) is 28.2 Å². The van der Waals surface area contributed by atoms with Gasteiger partial charge in [0.2, 0.25) is 0 Å². The van der Waals surface area contributed by atoms with E-state index in [2.05, 4.69) is 26.9 Å². The first-order valence-electron chi connectivity index (χ1n) is 6.42. The van der Waals surface area contributed by atoms with Gasteiger partial charge in [0, 0.05) is 28.8 Å². The topological polar surface area (TPSA) is 23.5 Å². The molecule has 1 aromatic rings. The monoisotopic (exact) mass is 295 g/mol. The second kappa shape index (κ2) is 4.62. The molecule has 2 aliphatic rings. The Balaban J connectivity index is 1.87. The minimum Gasteiger partial charge on any atom is -0.392 e. The molecule has 0 amide bonds. The zero-order valence-electron chi connectivity index (χ0n) is 9.90. The normalized spacial score (nSPS) is 27.5. The molecule has 0 bridgehead atoms. The van der Waals surface area contributed by atoms with Crippen LogP contribution in [0.15, 0.2) is 22.7 Å². The lowest BCUT2D eigenvalue weighted by Crippen LogP contribution is -2.22. The molecule has 3 heteroatoms. The lowest BCUT2D eigenvalue weighted by atomic mass is 10.0. The molecular weight excluding hydrogens is 278 g/mol. The highest BCUT2D eigenvalue weighted by Crippen LogP contribution is 2.40. The Bertz CT molecular complexity index is 409. The van der Waals surface area contributed by atoms with E-state index in [1.165, 1.54) is 38.0 Å². The molecule has 0 radical (unpaired) electrons. The van der Waals surface area contributed by atoms with Crippen LogP contribution in [0.25, 0.3) is 0 Å². The number of halogens is 1. The molecule has 2 atom stereocenters. The molecule has 1 aliphatic heterocycles. The van der Waals surface area contributed by atoms with E-state index in [9.17, 15) is 5.11 Å². The third-order valence-electron chi connectivity index (χ3n) is 4.28. The molecule has 1 saturated carbocycles. The summed E-state index contributed by atoms with van der Waals surface area (Å²) in [4.78, 5) is 2.46. The van der Waals surface area contributed by atoms with Crippen LogP contribution in [0, 0.1) is 11.8 Å². The SMILES string of the molecule is OCc1ccc(Br)cc1N1CC2CCCC2C1. The van der Waals surface area contributed by atoms with Gasteiger partial charge < -0.3 is 10.0 Å². The van der Waals surface area contributed by atoms with Gasteiger partial charge in [-0.3, -0.25) is 0 Å². The van der Waals surface area contributed by atoms with Crippen molar-refractivity contribution < 1.29 is 5.11 Å². The van der Waals surface area contributed by atoms with Crippen LogP contribution in [0.2, 0.25) is 0 Å². The van der Waals surface area contributed by atoms with Gasteiger partial charge in [-0.25, -0.2) is 0 Å². The average molecular weight is 296 g/mol. The van der Waals surface area contributed by atoms with Crippen molar-refractivity contribution in [1.82, 2.24) is 0 Å². The number of nitrogens with zero attached hydrogens (tertiary/aromatic N) is 1. The summed E-state index contributed by atoms with van der Waals surface area (Å²) in [6.07, 6.45) is 4.20. The van der Waals surface area contributed by atoms with Gasteiger partial charge in [0.05, 0.1) is 6.61 Å². The van der Waals surface area contributed by atoms with Gasteiger partial charge in [-0.15, -0.1) is 0 Å². The zero-order chi connectivity index (χ0) is 11.8. The molecule has 1 aliphatic carbocycles. The van der Waals surface area contributed by atoms with Crippen molar-refractivity contribution in [1.29, 1.82) is 0 Å². The minimum absolute atomic E-state index is 0.133. The van der Waals surface area contributed by atoms with Crippen LogP contribution in [0.5, 0.6) is 0 Å². The molecule has 1 N–H and O–H groups in total. The van der Waals surface area contributed by atoms with E-state index in [4.69, 9.17) is 0 Å². The van der Waals surface area contributed by atoms with Gasteiger partial charge in [0.1, 0.15) is 0 Å². The average Bonchev–Trinajstić information content (AvgIpc) is 2.88. The maximum Gasteiger partial charge on any atom is 0.0702 e. The Kier molecular flexibility index (Phi) is 3.14. The Morgan fingerprint density at radius 1 is 1.24 bits per heavy atom. The summed E-state index contributed by atoms with van der Waals surface area (Å²) in [5.74, 6) is 1.78. The molecule has 0 spiro atoms. The van der Waals surface area contributed by atoms with Gasteiger partial charge in [0.25, 0.3) is 0 Å². The fourth-order valence-corrected chi connectivity index (χ4v) is 3.75. The molecular formula is C14H18BrNO. The number of anilines is 1. The Hall–Kier alpha value is -0.540. The smallest absolute Gasteiger partial charge is 0.0702 e. The maximum atomic E-state index is 9.43. The first-order valence-corrected chi connectivity index (χ1v) is 7.21. The van der Waals surface area contributed by atoms with Crippen molar-refractivity contribution in [2.45, 2.75) is 25.9 Å².